The Bertz CT molecular complexity index is 1340. The smallest absolute Gasteiger partial charge is 0.238 e. The molecule has 4 heteroatoms. The van der Waals surface area contributed by atoms with Gasteiger partial charge in [0.25, 0.3) is 0 Å². The van der Waals surface area contributed by atoms with E-state index in [0.717, 1.165) is 25.9 Å². The van der Waals surface area contributed by atoms with E-state index < -0.39 is 0 Å². The summed E-state index contributed by atoms with van der Waals surface area (Å²) in [5, 5.41) is 2.94. The lowest BCUT2D eigenvalue weighted by molar-refractivity contribution is -0.671. The molecule has 37 heavy (non-hydrogen) atoms. The number of thiazole rings is 1. The Labute approximate surface area is 232 Å². The van der Waals surface area contributed by atoms with Gasteiger partial charge in [0.05, 0.1) is 10.7 Å². The molecular weight excluding hydrogens is 489 g/mol. The van der Waals surface area contributed by atoms with Crippen molar-refractivity contribution in [2.75, 3.05) is 11.4 Å². The molecular formula is C33H43N2S2+. The van der Waals surface area contributed by atoms with E-state index in [-0.39, 0.29) is 0 Å². The van der Waals surface area contributed by atoms with Crippen LogP contribution in [-0.4, -0.2) is 6.54 Å². The lowest BCUT2D eigenvalue weighted by Gasteiger charge is -2.34. The number of fused-ring (bicyclic) bond motifs is 2. The van der Waals surface area contributed by atoms with Crippen molar-refractivity contribution < 1.29 is 4.57 Å². The summed E-state index contributed by atoms with van der Waals surface area (Å²) in [6.45, 7) is 16.1. The molecule has 5 rings (SSSR count). The number of thioether (sulfide) groups is 1. The third kappa shape index (κ3) is 5.86. The van der Waals surface area contributed by atoms with E-state index in [1.165, 1.54) is 73.2 Å². The molecule has 3 aromatic rings. The Morgan fingerprint density at radius 2 is 1.84 bits per heavy atom. The van der Waals surface area contributed by atoms with Gasteiger partial charge in [-0.3, -0.25) is 0 Å². The summed E-state index contributed by atoms with van der Waals surface area (Å²) < 4.78 is 3.98. The molecule has 2 aromatic carbocycles. The summed E-state index contributed by atoms with van der Waals surface area (Å²) in [6.07, 6.45) is 12.5. The summed E-state index contributed by atoms with van der Waals surface area (Å²) in [5.41, 5.74) is 7.33. The van der Waals surface area contributed by atoms with Gasteiger partial charge in [0.2, 0.25) is 10.5 Å². The average Bonchev–Trinajstić information content (AvgIpc) is 3.33. The molecule has 1 unspecified atom stereocenters. The van der Waals surface area contributed by atoms with E-state index in [1.54, 1.807) is 0 Å². The standard InChI is InChI=1S/C33H43N2S2/c1-7-9-10-15-35-28-14-12-24(4)17-30(28)37-32(35)20-26-18-25(21-33(5,6)22-26)19-31-34(8-2)27-13-11-23(3)16-29(27)36-31/h11-14,16-18,20,25H,7-10,15,19,21-22H2,1-6H3/q+1/b32-20-. The van der Waals surface area contributed by atoms with Crippen LogP contribution in [0, 0.1) is 25.2 Å². The quantitative estimate of drug-likeness (QED) is 0.211. The van der Waals surface area contributed by atoms with Gasteiger partial charge in [-0.15, -0.1) is 0 Å². The van der Waals surface area contributed by atoms with Crippen LogP contribution in [0.5, 0.6) is 0 Å². The Kier molecular flexibility index (Phi) is 7.88. The summed E-state index contributed by atoms with van der Waals surface area (Å²) in [7, 11) is 0. The van der Waals surface area contributed by atoms with E-state index in [4.69, 9.17) is 0 Å². The van der Waals surface area contributed by atoms with Crippen molar-refractivity contribution in [3.8, 4) is 0 Å². The van der Waals surface area contributed by atoms with Gasteiger partial charge in [-0.2, -0.15) is 4.57 Å². The molecule has 1 aliphatic carbocycles. The van der Waals surface area contributed by atoms with Crippen molar-refractivity contribution in [1.82, 2.24) is 0 Å². The lowest BCUT2D eigenvalue weighted by Crippen LogP contribution is -2.36. The van der Waals surface area contributed by atoms with Crippen LogP contribution in [0.2, 0.25) is 0 Å². The first kappa shape index (κ1) is 26.6. The first-order valence-corrected chi connectivity index (χ1v) is 15.8. The minimum absolute atomic E-state index is 0.315. The Morgan fingerprint density at radius 3 is 2.62 bits per heavy atom. The van der Waals surface area contributed by atoms with Gasteiger partial charge in [0, 0.05) is 23.9 Å². The van der Waals surface area contributed by atoms with Gasteiger partial charge < -0.3 is 4.90 Å². The molecule has 1 aromatic heterocycles. The zero-order valence-electron chi connectivity index (χ0n) is 23.6. The highest BCUT2D eigenvalue weighted by molar-refractivity contribution is 8.03. The van der Waals surface area contributed by atoms with Crippen LogP contribution in [0.1, 0.15) is 75.9 Å². The normalized spacial score (nSPS) is 20.1. The first-order valence-electron chi connectivity index (χ1n) is 14.2. The summed E-state index contributed by atoms with van der Waals surface area (Å²) >= 11 is 3.97. The molecule has 196 valence electrons. The van der Waals surface area contributed by atoms with Crippen LogP contribution in [0.25, 0.3) is 10.2 Å². The Balaban J connectivity index is 1.45. The monoisotopic (exact) mass is 531 g/mol. The molecule has 0 amide bonds. The fourth-order valence-electron chi connectivity index (χ4n) is 6.18. The molecule has 0 spiro atoms. The second kappa shape index (κ2) is 11.0. The molecule has 0 saturated carbocycles. The zero-order chi connectivity index (χ0) is 26.2. The molecule has 1 aliphatic heterocycles. The van der Waals surface area contributed by atoms with Crippen LogP contribution in [0.4, 0.5) is 5.69 Å². The number of allylic oxidation sites excluding steroid dienone is 3. The maximum absolute atomic E-state index is 2.62. The molecule has 2 aliphatic rings. The largest absolute Gasteiger partial charge is 0.335 e. The third-order valence-electron chi connectivity index (χ3n) is 7.82. The van der Waals surface area contributed by atoms with Gasteiger partial charge in [-0.1, -0.05) is 74.9 Å². The van der Waals surface area contributed by atoms with Crippen molar-refractivity contribution in [3.63, 3.8) is 0 Å². The number of anilines is 1. The van der Waals surface area contributed by atoms with E-state index in [2.05, 4.69) is 99.6 Å². The topological polar surface area (TPSA) is 7.12 Å². The number of nitrogens with zero attached hydrogens (tertiary/aromatic N) is 2. The SMILES string of the molecule is CCCCCN1/C(=C/C2=CC(Cc3sc4cc(C)ccc4[n+]3CC)CC(C)(C)C2)Sc2cc(C)ccc21. The number of hydrogen-bond donors (Lipinski definition) is 0. The highest BCUT2D eigenvalue weighted by Gasteiger charge is 2.32. The zero-order valence-corrected chi connectivity index (χ0v) is 25.2. The second-order valence-corrected chi connectivity index (χ2v) is 14.1. The van der Waals surface area contributed by atoms with E-state index in [0.29, 0.717) is 11.3 Å². The summed E-state index contributed by atoms with van der Waals surface area (Å²) in [6, 6.07) is 13.9. The fraction of sp³-hybridized carbons (Fsp3) is 0.485. The van der Waals surface area contributed by atoms with Crippen molar-refractivity contribution in [2.45, 2.75) is 91.5 Å². The Morgan fingerprint density at radius 1 is 1.05 bits per heavy atom. The first-order chi connectivity index (χ1) is 17.8. The minimum atomic E-state index is 0.315. The van der Waals surface area contributed by atoms with E-state index in [9.17, 15) is 0 Å². The van der Waals surface area contributed by atoms with Crippen molar-refractivity contribution in [3.05, 3.63) is 75.3 Å². The number of benzene rings is 2. The van der Waals surface area contributed by atoms with Crippen LogP contribution in [-0.2, 0) is 13.0 Å². The van der Waals surface area contributed by atoms with Gasteiger partial charge in [0.1, 0.15) is 11.2 Å². The molecule has 0 radical (unpaired) electrons. The van der Waals surface area contributed by atoms with Crippen LogP contribution in [0.15, 0.2) is 64.0 Å². The molecule has 0 saturated heterocycles. The molecule has 1 atom stereocenters. The second-order valence-electron chi connectivity index (χ2n) is 11.9. The highest BCUT2D eigenvalue weighted by atomic mass is 32.2. The van der Waals surface area contributed by atoms with Crippen molar-refractivity contribution in [1.29, 1.82) is 0 Å². The third-order valence-corrected chi connectivity index (χ3v) is 10.1. The predicted molar refractivity (Wildman–Crippen MR) is 163 cm³/mol. The minimum Gasteiger partial charge on any atom is -0.335 e. The lowest BCUT2D eigenvalue weighted by atomic mass is 9.72. The maximum atomic E-state index is 2.62. The molecule has 0 fully saturated rings. The number of aromatic nitrogens is 1. The van der Waals surface area contributed by atoms with Gasteiger partial charge >= 0.3 is 0 Å². The maximum Gasteiger partial charge on any atom is 0.238 e. The fourth-order valence-corrected chi connectivity index (χ4v) is 8.86. The average molecular weight is 532 g/mol. The molecule has 0 bridgehead atoms. The Hall–Kier alpha value is -2.04. The van der Waals surface area contributed by atoms with Crippen LogP contribution >= 0.6 is 23.1 Å². The van der Waals surface area contributed by atoms with Crippen LogP contribution < -0.4 is 9.47 Å². The van der Waals surface area contributed by atoms with Crippen molar-refractivity contribution >= 4 is 39.0 Å². The number of hydrogen-bond acceptors (Lipinski definition) is 3. The number of aryl methyl sites for hydroxylation is 3. The van der Waals surface area contributed by atoms with E-state index >= 15 is 0 Å². The van der Waals surface area contributed by atoms with Gasteiger partial charge in [-0.25, -0.2) is 0 Å². The number of rotatable bonds is 8. The van der Waals surface area contributed by atoms with Gasteiger partial charge in [0.15, 0.2) is 0 Å². The summed E-state index contributed by atoms with van der Waals surface area (Å²) in [4.78, 5) is 4.01. The number of unbranched alkanes of at least 4 members (excludes halogenated alkanes) is 2. The highest BCUT2D eigenvalue weighted by Crippen LogP contribution is 2.48. The van der Waals surface area contributed by atoms with Crippen LogP contribution in [0.3, 0.4) is 0 Å². The predicted octanol–water partition coefficient (Wildman–Crippen LogP) is 9.37. The molecule has 2 nitrogen and oxygen atoms in total. The summed E-state index contributed by atoms with van der Waals surface area (Å²) in [5.74, 6) is 0.576. The van der Waals surface area contributed by atoms with Crippen molar-refractivity contribution in [2.24, 2.45) is 11.3 Å². The van der Waals surface area contributed by atoms with Gasteiger partial charge in [-0.05, 0) is 92.3 Å². The molecule has 2 heterocycles. The molecule has 0 N–H and O–H groups in total. The van der Waals surface area contributed by atoms with E-state index in [1.807, 2.05) is 23.1 Å².